The van der Waals surface area contributed by atoms with Crippen molar-refractivity contribution < 1.29 is 14.6 Å². The van der Waals surface area contributed by atoms with Crippen LogP contribution in [0.4, 0.5) is 0 Å². The van der Waals surface area contributed by atoms with Gasteiger partial charge in [0.1, 0.15) is 5.33 Å². The molecule has 10 heavy (non-hydrogen) atoms. The first-order valence-corrected chi connectivity index (χ1v) is 4.17. The van der Waals surface area contributed by atoms with Gasteiger partial charge >= 0.3 is 5.97 Å². The van der Waals surface area contributed by atoms with E-state index in [1.165, 1.54) is 0 Å². The fraction of sp³-hybridized carbons (Fsp3) is 0.833. The van der Waals surface area contributed by atoms with Crippen LogP contribution in [0.5, 0.6) is 0 Å². The van der Waals surface area contributed by atoms with Crippen molar-refractivity contribution in [1.82, 2.24) is 0 Å². The Morgan fingerprint density at radius 2 is 2.00 bits per heavy atom. The SMILES string of the molecule is CCO.CCOC(=O)CBr. The molecule has 0 bridgehead atoms. The lowest BCUT2D eigenvalue weighted by Crippen LogP contribution is -2.03. The zero-order valence-electron chi connectivity index (χ0n) is 6.26. The van der Waals surface area contributed by atoms with Gasteiger partial charge in [0.05, 0.1) is 6.61 Å². The molecule has 0 aliphatic rings. The van der Waals surface area contributed by atoms with E-state index in [2.05, 4.69) is 20.7 Å². The molecule has 0 spiro atoms. The molecule has 0 saturated carbocycles. The third-order valence-corrected chi connectivity index (χ3v) is 0.872. The Morgan fingerprint density at radius 1 is 1.60 bits per heavy atom. The minimum Gasteiger partial charge on any atom is -0.465 e. The lowest BCUT2D eigenvalue weighted by atomic mass is 10.8. The lowest BCUT2D eigenvalue weighted by Gasteiger charge is -1.92. The summed E-state index contributed by atoms with van der Waals surface area (Å²) in [6.07, 6.45) is 0. The highest BCUT2D eigenvalue weighted by Crippen LogP contribution is 1.82. The summed E-state index contributed by atoms with van der Waals surface area (Å²) >= 11 is 2.94. The molecule has 1 N–H and O–H groups in total. The number of carbonyl (C=O) groups excluding carboxylic acids is 1. The molecule has 0 amide bonds. The minimum absolute atomic E-state index is 0.206. The second-order valence-electron chi connectivity index (χ2n) is 1.25. The molecule has 0 aromatic carbocycles. The van der Waals surface area contributed by atoms with Gasteiger partial charge in [-0.2, -0.15) is 0 Å². The standard InChI is InChI=1S/C4H7BrO2.C2H6O/c1-2-7-4(6)3-5;1-2-3/h2-3H2,1H3;3H,2H2,1H3. The van der Waals surface area contributed by atoms with Crippen LogP contribution < -0.4 is 0 Å². The van der Waals surface area contributed by atoms with Gasteiger partial charge in [0, 0.05) is 6.61 Å². The molecule has 0 aliphatic carbocycles. The van der Waals surface area contributed by atoms with E-state index in [0.717, 1.165) is 0 Å². The Hall–Kier alpha value is -0.0900. The largest absolute Gasteiger partial charge is 0.465 e. The second-order valence-corrected chi connectivity index (χ2v) is 1.82. The zero-order valence-corrected chi connectivity index (χ0v) is 7.85. The Balaban J connectivity index is 0. The van der Waals surface area contributed by atoms with Crippen LogP contribution in [0, 0.1) is 0 Å². The van der Waals surface area contributed by atoms with Crippen molar-refractivity contribution in [3.8, 4) is 0 Å². The number of ether oxygens (including phenoxy) is 1. The maximum atomic E-state index is 10.1. The molecule has 62 valence electrons. The molecule has 0 radical (unpaired) electrons. The molecule has 3 nitrogen and oxygen atoms in total. The van der Waals surface area contributed by atoms with Crippen molar-refractivity contribution in [2.24, 2.45) is 0 Å². The van der Waals surface area contributed by atoms with E-state index in [-0.39, 0.29) is 12.6 Å². The first-order valence-electron chi connectivity index (χ1n) is 3.05. The van der Waals surface area contributed by atoms with Gasteiger partial charge in [0.15, 0.2) is 0 Å². The van der Waals surface area contributed by atoms with Crippen LogP contribution in [-0.2, 0) is 9.53 Å². The Labute approximate surface area is 69.5 Å². The normalized spacial score (nSPS) is 7.60. The molecule has 0 fully saturated rings. The topological polar surface area (TPSA) is 46.5 Å². The summed E-state index contributed by atoms with van der Waals surface area (Å²) < 4.78 is 4.51. The quantitative estimate of drug-likeness (QED) is 0.548. The van der Waals surface area contributed by atoms with Crippen LogP contribution in [0.15, 0.2) is 0 Å². The molecular formula is C6H13BrO3. The van der Waals surface area contributed by atoms with Crippen molar-refractivity contribution in [2.45, 2.75) is 13.8 Å². The first kappa shape index (κ1) is 12.6. The predicted octanol–water partition coefficient (Wildman–Crippen LogP) is 0.943. The van der Waals surface area contributed by atoms with E-state index >= 15 is 0 Å². The van der Waals surface area contributed by atoms with E-state index in [0.29, 0.717) is 11.9 Å². The summed E-state index contributed by atoms with van der Waals surface area (Å²) in [5.41, 5.74) is 0. The van der Waals surface area contributed by atoms with E-state index < -0.39 is 0 Å². The summed E-state index contributed by atoms with van der Waals surface area (Å²) in [6.45, 7) is 4.17. The summed E-state index contributed by atoms with van der Waals surface area (Å²) in [7, 11) is 0. The minimum atomic E-state index is -0.206. The van der Waals surface area contributed by atoms with Crippen LogP contribution in [0.1, 0.15) is 13.8 Å². The number of alkyl halides is 1. The van der Waals surface area contributed by atoms with Gasteiger partial charge < -0.3 is 9.84 Å². The Kier molecular flexibility index (Phi) is 14.7. The van der Waals surface area contributed by atoms with Gasteiger partial charge in [-0.15, -0.1) is 0 Å². The Bertz CT molecular complexity index is 75.4. The molecule has 0 saturated heterocycles. The Morgan fingerprint density at radius 3 is 2.10 bits per heavy atom. The zero-order chi connectivity index (χ0) is 8.41. The molecule has 0 unspecified atom stereocenters. The van der Waals surface area contributed by atoms with Crippen LogP contribution in [0.25, 0.3) is 0 Å². The molecule has 4 heteroatoms. The van der Waals surface area contributed by atoms with Gasteiger partial charge in [0.25, 0.3) is 0 Å². The number of hydrogen-bond acceptors (Lipinski definition) is 3. The van der Waals surface area contributed by atoms with Crippen LogP contribution in [0.2, 0.25) is 0 Å². The number of carbonyl (C=O) groups is 1. The van der Waals surface area contributed by atoms with E-state index in [9.17, 15) is 4.79 Å². The monoisotopic (exact) mass is 212 g/mol. The van der Waals surface area contributed by atoms with Crippen LogP contribution >= 0.6 is 15.9 Å². The van der Waals surface area contributed by atoms with Gasteiger partial charge in [-0.05, 0) is 13.8 Å². The van der Waals surface area contributed by atoms with Crippen molar-refractivity contribution in [1.29, 1.82) is 0 Å². The number of rotatable bonds is 2. The summed E-state index contributed by atoms with van der Waals surface area (Å²) in [6, 6.07) is 0. The summed E-state index contributed by atoms with van der Waals surface area (Å²) in [5, 5.41) is 7.86. The smallest absolute Gasteiger partial charge is 0.316 e. The van der Waals surface area contributed by atoms with Gasteiger partial charge in [-0.25, -0.2) is 0 Å². The van der Waals surface area contributed by atoms with E-state index in [1.807, 2.05) is 0 Å². The first-order chi connectivity index (χ1) is 4.72. The molecular weight excluding hydrogens is 200 g/mol. The predicted molar refractivity (Wildman–Crippen MR) is 43.2 cm³/mol. The van der Waals surface area contributed by atoms with Gasteiger partial charge in [0.2, 0.25) is 0 Å². The average molecular weight is 213 g/mol. The van der Waals surface area contributed by atoms with Crippen molar-refractivity contribution in [3.63, 3.8) is 0 Å². The van der Waals surface area contributed by atoms with Gasteiger partial charge in [-0.1, -0.05) is 15.9 Å². The number of halogens is 1. The molecule has 0 aromatic heterocycles. The second kappa shape index (κ2) is 11.7. The van der Waals surface area contributed by atoms with Crippen molar-refractivity contribution in [3.05, 3.63) is 0 Å². The fourth-order valence-electron chi connectivity index (χ4n) is 0.200. The summed E-state index contributed by atoms with van der Waals surface area (Å²) in [5.74, 6) is -0.206. The number of aliphatic hydroxyl groups excluding tert-OH is 1. The molecule has 0 aromatic rings. The maximum absolute atomic E-state index is 10.1. The average Bonchev–Trinajstić information content (AvgIpc) is 1.90. The molecule has 0 aliphatic heterocycles. The van der Waals surface area contributed by atoms with Crippen molar-refractivity contribution in [2.75, 3.05) is 18.5 Å². The van der Waals surface area contributed by atoms with Crippen LogP contribution in [0.3, 0.4) is 0 Å². The third kappa shape index (κ3) is 15.7. The highest BCUT2D eigenvalue weighted by atomic mass is 79.9. The van der Waals surface area contributed by atoms with E-state index in [1.54, 1.807) is 13.8 Å². The highest BCUT2D eigenvalue weighted by molar-refractivity contribution is 9.09. The lowest BCUT2D eigenvalue weighted by molar-refractivity contribution is -0.139. The number of esters is 1. The molecule has 0 rings (SSSR count). The maximum Gasteiger partial charge on any atom is 0.316 e. The number of aliphatic hydroxyl groups is 1. The number of hydrogen-bond donors (Lipinski definition) is 1. The van der Waals surface area contributed by atoms with Crippen LogP contribution in [-0.4, -0.2) is 29.6 Å². The fourth-order valence-corrected chi connectivity index (χ4v) is 0.361. The van der Waals surface area contributed by atoms with Crippen molar-refractivity contribution >= 4 is 21.9 Å². The third-order valence-electron chi connectivity index (χ3n) is 0.414. The van der Waals surface area contributed by atoms with E-state index in [4.69, 9.17) is 5.11 Å². The molecule has 0 heterocycles. The summed E-state index contributed by atoms with van der Waals surface area (Å²) in [4.78, 5) is 10.1. The molecule has 0 atom stereocenters. The van der Waals surface area contributed by atoms with Gasteiger partial charge in [-0.3, -0.25) is 4.79 Å². The highest BCUT2D eigenvalue weighted by Gasteiger charge is 1.92.